The molecule has 0 aromatic heterocycles. The third kappa shape index (κ3) is 5.22. The molecule has 33 heavy (non-hydrogen) atoms. The molecule has 0 spiro atoms. The van der Waals surface area contributed by atoms with Crippen molar-refractivity contribution in [2.24, 2.45) is 5.92 Å². The summed E-state index contributed by atoms with van der Waals surface area (Å²) in [5.41, 5.74) is -1.24. The topological polar surface area (TPSA) is 73.8 Å². The first-order valence-electron chi connectivity index (χ1n) is 10.5. The molecule has 1 aliphatic heterocycles. The van der Waals surface area contributed by atoms with Gasteiger partial charge in [0, 0.05) is 18.8 Å². The first-order valence-corrected chi connectivity index (χ1v) is 10.9. The second-order valence-electron chi connectivity index (χ2n) is 7.66. The fourth-order valence-electron chi connectivity index (χ4n) is 3.90. The van der Waals surface area contributed by atoms with Gasteiger partial charge in [-0.15, -0.1) is 0 Å². The van der Waals surface area contributed by atoms with E-state index in [0.29, 0.717) is 18.7 Å². The van der Waals surface area contributed by atoms with Crippen LogP contribution in [0.25, 0.3) is 0 Å². The van der Waals surface area contributed by atoms with Crippen molar-refractivity contribution in [2.45, 2.75) is 38.3 Å². The SMILES string of the molecule is CCOC(=O)[C@@H]1[C@H](c2ccc(N(CC)Cc3ccccc3)cc2)NC(=S)N[C@@]1(O)C(F)(F)F. The molecule has 0 amide bonds. The fourth-order valence-corrected chi connectivity index (χ4v) is 4.18. The Morgan fingerprint density at radius 1 is 1.15 bits per heavy atom. The quantitative estimate of drug-likeness (QED) is 0.412. The summed E-state index contributed by atoms with van der Waals surface area (Å²) in [6.07, 6.45) is -5.18. The summed E-state index contributed by atoms with van der Waals surface area (Å²) in [6.45, 7) is 4.72. The molecule has 178 valence electrons. The molecule has 0 saturated carbocycles. The van der Waals surface area contributed by atoms with Crippen molar-refractivity contribution in [3.05, 3.63) is 65.7 Å². The number of thiocarbonyl (C=S) groups is 1. The number of carbonyl (C=O) groups excluding carboxylic acids is 1. The molecule has 0 unspecified atom stereocenters. The van der Waals surface area contributed by atoms with E-state index in [4.69, 9.17) is 17.0 Å². The number of hydrogen-bond donors (Lipinski definition) is 3. The number of nitrogens with zero attached hydrogens (tertiary/aromatic N) is 1. The van der Waals surface area contributed by atoms with E-state index < -0.39 is 34.9 Å². The largest absolute Gasteiger partial charge is 0.466 e. The Hall–Kier alpha value is -2.85. The Kier molecular flexibility index (Phi) is 7.48. The van der Waals surface area contributed by atoms with Crippen LogP contribution in [0.3, 0.4) is 0 Å². The highest BCUT2D eigenvalue weighted by molar-refractivity contribution is 7.80. The van der Waals surface area contributed by atoms with Crippen LogP contribution in [0, 0.1) is 5.92 Å². The van der Waals surface area contributed by atoms with Gasteiger partial charge in [-0.3, -0.25) is 4.79 Å². The van der Waals surface area contributed by atoms with Gasteiger partial charge in [0.2, 0.25) is 0 Å². The first kappa shape index (κ1) is 24.8. The predicted octanol–water partition coefficient (Wildman–Crippen LogP) is 3.66. The second kappa shape index (κ2) is 9.96. The van der Waals surface area contributed by atoms with Gasteiger partial charge in [0.1, 0.15) is 5.92 Å². The van der Waals surface area contributed by atoms with Gasteiger partial charge in [-0.25, -0.2) is 0 Å². The van der Waals surface area contributed by atoms with E-state index in [1.807, 2.05) is 42.6 Å². The van der Waals surface area contributed by atoms with Crippen LogP contribution in [-0.2, 0) is 16.1 Å². The summed E-state index contributed by atoms with van der Waals surface area (Å²) < 4.78 is 46.4. The van der Waals surface area contributed by atoms with Gasteiger partial charge < -0.3 is 25.4 Å². The number of aliphatic hydroxyl groups is 1. The number of esters is 1. The highest BCUT2D eigenvalue weighted by atomic mass is 32.1. The molecule has 3 atom stereocenters. The van der Waals surface area contributed by atoms with E-state index in [-0.39, 0.29) is 6.61 Å². The summed E-state index contributed by atoms with van der Waals surface area (Å²) in [4.78, 5) is 14.7. The Morgan fingerprint density at radius 3 is 2.33 bits per heavy atom. The van der Waals surface area contributed by atoms with Gasteiger partial charge in [-0.1, -0.05) is 42.5 Å². The van der Waals surface area contributed by atoms with E-state index in [2.05, 4.69) is 10.2 Å². The fraction of sp³-hybridized carbons (Fsp3) is 0.391. The molecule has 1 fully saturated rings. The maximum absolute atomic E-state index is 13.8. The summed E-state index contributed by atoms with van der Waals surface area (Å²) >= 11 is 4.92. The summed E-state index contributed by atoms with van der Waals surface area (Å²) in [6, 6.07) is 15.4. The van der Waals surface area contributed by atoms with Gasteiger partial charge in [0.05, 0.1) is 12.6 Å². The Labute approximate surface area is 195 Å². The lowest BCUT2D eigenvalue weighted by molar-refractivity contribution is -0.292. The first-order chi connectivity index (χ1) is 15.6. The van der Waals surface area contributed by atoms with Gasteiger partial charge in [0.25, 0.3) is 5.72 Å². The second-order valence-corrected chi connectivity index (χ2v) is 8.07. The normalized spacial score (nSPS) is 22.8. The molecule has 0 radical (unpaired) electrons. The Bertz CT molecular complexity index is 972. The third-order valence-corrected chi connectivity index (χ3v) is 5.78. The van der Waals surface area contributed by atoms with Crippen LogP contribution in [0.4, 0.5) is 18.9 Å². The van der Waals surface area contributed by atoms with E-state index in [0.717, 1.165) is 11.3 Å². The van der Waals surface area contributed by atoms with Crippen molar-refractivity contribution in [1.29, 1.82) is 0 Å². The van der Waals surface area contributed by atoms with Crippen LogP contribution in [0.5, 0.6) is 0 Å². The number of halogens is 3. The molecule has 2 aromatic rings. The van der Waals surface area contributed by atoms with E-state index in [1.54, 1.807) is 24.3 Å². The van der Waals surface area contributed by atoms with Crippen molar-refractivity contribution in [1.82, 2.24) is 10.6 Å². The zero-order valence-electron chi connectivity index (χ0n) is 18.2. The molecule has 1 aliphatic rings. The number of carbonyl (C=O) groups is 1. The zero-order chi connectivity index (χ0) is 24.2. The number of anilines is 1. The van der Waals surface area contributed by atoms with Crippen LogP contribution in [0.2, 0.25) is 0 Å². The summed E-state index contributed by atoms with van der Waals surface area (Å²) in [5, 5.41) is 14.7. The molecule has 0 aliphatic carbocycles. The standard InChI is InChI=1S/C23H26F3N3O3S/c1-3-29(14-15-8-6-5-7-9-15)17-12-10-16(11-13-17)19-18(20(30)32-4-2)22(31,23(24,25)26)28-21(33)27-19/h5-13,18-19,31H,3-4,14H2,1-2H3,(H2,27,28,33)/t18-,19-,22-/m0/s1. The minimum Gasteiger partial charge on any atom is -0.466 e. The lowest BCUT2D eigenvalue weighted by Crippen LogP contribution is -2.73. The molecule has 1 saturated heterocycles. The van der Waals surface area contributed by atoms with E-state index >= 15 is 0 Å². The minimum atomic E-state index is -5.18. The van der Waals surface area contributed by atoms with Gasteiger partial charge >= 0.3 is 12.1 Å². The number of ether oxygens (including phenoxy) is 1. The molecule has 10 heteroatoms. The van der Waals surface area contributed by atoms with Crippen molar-refractivity contribution in [3.8, 4) is 0 Å². The Morgan fingerprint density at radius 2 is 1.79 bits per heavy atom. The smallest absolute Gasteiger partial charge is 0.437 e. The van der Waals surface area contributed by atoms with Crippen molar-refractivity contribution in [3.63, 3.8) is 0 Å². The van der Waals surface area contributed by atoms with Crippen LogP contribution in [0.1, 0.15) is 31.0 Å². The maximum Gasteiger partial charge on any atom is 0.437 e. The molecular weight excluding hydrogens is 455 g/mol. The lowest BCUT2D eigenvalue weighted by Gasteiger charge is -2.45. The maximum atomic E-state index is 13.8. The van der Waals surface area contributed by atoms with E-state index in [9.17, 15) is 23.1 Å². The average molecular weight is 482 g/mol. The highest BCUT2D eigenvalue weighted by Gasteiger charge is 2.66. The Balaban J connectivity index is 1.93. The van der Waals surface area contributed by atoms with Gasteiger partial charge in [0.15, 0.2) is 5.11 Å². The molecular formula is C23H26F3N3O3S. The number of benzene rings is 2. The van der Waals surface area contributed by atoms with Gasteiger partial charge in [-0.05, 0) is 49.3 Å². The van der Waals surface area contributed by atoms with Crippen molar-refractivity contribution in [2.75, 3.05) is 18.1 Å². The zero-order valence-corrected chi connectivity index (χ0v) is 19.0. The summed E-state index contributed by atoms with van der Waals surface area (Å²) in [7, 11) is 0. The van der Waals surface area contributed by atoms with Crippen molar-refractivity contribution >= 4 is 29.0 Å². The number of hydrogen-bond acceptors (Lipinski definition) is 5. The summed E-state index contributed by atoms with van der Waals surface area (Å²) in [5.74, 6) is -3.20. The number of alkyl halides is 3. The van der Waals surface area contributed by atoms with E-state index in [1.165, 1.54) is 6.92 Å². The molecule has 3 rings (SSSR count). The molecule has 2 aromatic carbocycles. The number of nitrogens with one attached hydrogen (secondary N) is 2. The number of rotatable bonds is 7. The minimum absolute atomic E-state index is 0.135. The third-order valence-electron chi connectivity index (χ3n) is 5.56. The van der Waals surface area contributed by atoms with Crippen LogP contribution < -0.4 is 15.5 Å². The van der Waals surface area contributed by atoms with Crippen LogP contribution in [0.15, 0.2) is 54.6 Å². The molecule has 1 heterocycles. The average Bonchev–Trinajstić information content (AvgIpc) is 2.77. The van der Waals surface area contributed by atoms with Crippen LogP contribution in [-0.4, -0.2) is 41.2 Å². The predicted molar refractivity (Wildman–Crippen MR) is 122 cm³/mol. The van der Waals surface area contributed by atoms with Gasteiger partial charge in [-0.2, -0.15) is 13.2 Å². The molecule has 0 bridgehead atoms. The molecule has 6 nitrogen and oxygen atoms in total. The lowest BCUT2D eigenvalue weighted by atomic mass is 9.82. The van der Waals surface area contributed by atoms with Crippen molar-refractivity contribution < 1.29 is 27.8 Å². The monoisotopic (exact) mass is 481 g/mol. The molecule has 3 N–H and O–H groups in total. The highest BCUT2D eigenvalue weighted by Crippen LogP contribution is 2.43. The van der Waals surface area contributed by atoms with Crippen LogP contribution >= 0.6 is 12.2 Å².